The lowest BCUT2D eigenvalue weighted by molar-refractivity contribution is -0.160. The Bertz CT molecular complexity index is 847. The van der Waals surface area contributed by atoms with Crippen molar-refractivity contribution in [2.75, 3.05) is 20.1 Å². The van der Waals surface area contributed by atoms with Gasteiger partial charge in [-0.1, -0.05) is 6.92 Å². The van der Waals surface area contributed by atoms with Crippen LogP contribution in [0.5, 0.6) is 0 Å². The average molecular weight is 481 g/mol. The van der Waals surface area contributed by atoms with Crippen LogP contribution in [0.25, 0.3) is 0 Å². The summed E-state index contributed by atoms with van der Waals surface area (Å²) < 4.78 is 5.54. The minimum Gasteiger partial charge on any atom is -0.461 e. The van der Waals surface area contributed by atoms with E-state index in [-0.39, 0.29) is 18.2 Å². The summed E-state index contributed by atoms with van der Waals surface area (Å²) in [7, 11) is 1.42. The molecular formula is C23H36N4O7. The zero-order chi connectivity index (χ0) is 25.3. The number of amides is 4. The molecule has 34 heavy (non-hydrogen) atoms. The Kier molecular flexibility index (Phi) is 7.84. The first-order valence-electron chi connectivity index (χ1n) is 12.0. The second-order valence-electron chi connectivity index (χ2n) is 9.91. The van der Waals surface area contributed by atoms with Crippen LogP contribution in [0.4, 0.5) is 0 Å². The van der Waals surface area contributed by atoms with E-state index in [0.29, 0.717) is 32.4 Å². The summed E-state index contributed by atoms with van der Waals surface area (Å²) in [5, 5.41) is 12.9. The van der Waals surface area contributed by atoms with E-state index in [1.807, 2.05) is 6.92 Å². The summed E-state index contributed by atoms with van der Waals surface area (Å²) >= 11 is 0. The van der Waals surface area contributed by atoms with Crippen molar-refractivity contribution in [1.82, 2.24) is 20.0 Å². The van der Waals surface area contributed by atoms with Gasteiger partial charge in [-0.3, -0.25) is 19.2 Å². The third kappa shape index (κ3) is 5.18. The van der Waals surface area contributed by atoms with E-state index in [1.165, 1.54) is 30.7 Å². The van der Waals surface area contributed by atoms with Crippen molar-refractivity contribution in [2.24, 2.45) is 5.92 Å². The fraction of sp³-hybridized carbons (Fsp3) is 0.783. The van der Waals surface area contributed by atoms with Gasteiger partial charge >= 0.3 is 5.97 Å². The molecule has 1 unspecified atom stereocenters. The molecule has 4 amide bonds. The van der Waals surface area contributed by atoms with Crippen LogP contribution >= 0.6 is 0 Å². The van der Waals surface area contributed by atoms with Crippen LogP contribution < -0.4 is 5.32 Å². The van der Waals surface area contributed by atoms with Crippen LogP contribution in [0, 0.1) is 5.92 Å². The lowest BCUT2D eigenvalue weighted by Crippen LogP contribution is -2.60. The molecule has 0 aromatic rings. The summed E-state index contributed by atoms with van der Waals surface area (Å²) in [6.45, 7) is 7.16. The van der Waals surface area contributed by atoms with Gasteiger partial charge < -0.3 is 29.9 Å². The summed E-state index contributed by atoms with van der Waals surface area (Å²) in [5.74, 6) is -2.44. The predicted octanol–water partition coefficient (Wildman–Crippen LogP) is -0.738. The number of hydrogen-bond acceptors (Lipinski definition) is 7. The molecule has 3 fully saturated rings. The molecule has 7 atom stereocenters. The third-order valence-corrected chi connectivity index (χ3v) is 6.92. The standard InChI is InChI=1S/C23H36N4O7/c1-12-9-17-23(33)34-13(2)10-18(29)26-8-6-7-16(26)22(32)25(5)19(15(4)28)20(30)24-14(3)21(31)27(17)11-12/h12-17,19,28H,6-11H2,1-5H3,(H,24,30)/t12-,13+,14+,15-,16+,17+,19?/m1/s1. The van der Waals surface area contributed by atoms with E-state index in [9.17, 15) is 29.1 Å². The van der Waals surface area contributed by atoms with Crippen molar-refractivity contribution in [1.29, 1.82) is 0 Å². The second kappa shape index (κ2) is 10.3. The van der Waals surface area contributed by atoms with Crippen molar-refractivity contribution in [2.45, 2.75) is 89.8 Å². The first-order valence-corrected chi connectivity index (χ1v) is 12.0. The Balaban J connectivity index is 1.95. The molecule has 0 aromatic carbocycles. The zero-order valence-electron chi connectivity index (χ0n) is 20.5. The number of esters is 1. The Hall–Kier alpha value is -2.69. The fourth-order valence-corrected chi connectivity index (χ4v) is 5.22. The van der Waals surface area contributed by atoms with Gasteiger partial charge in [0.2, 0.25) is 23.6 Å². The lowest BCUT2D eigenvalue weighted by Gasteiger charge is -2.35. The number of likely N-dealkylation sites (N-methyl/N-ethyl adjacent to an activating group) is 1. The molecule has 3 aliphatic rings. The smallest absolute Gasteiger partial charge is 0.329 e. The van der Waals surface area contributed by atoms with Gasteiger partial charge in [0.05, 0.1) is 12.5 Å². The highest BCUT2D eigenvalue weighted by Crippen LogP contribution is 2.27. The molecule has 3 rings (SSSR count). The quantitative estimate of drug-likeness (QED) is 0.472. The van der Waals surface area contributed by atoms with E-state index in [0.717, 1.165) is 4.90 Å². The number of carbonyl (C=O) groups is 5. The number of hydrogen-bond donors (Lipinski definition) is 2. The Morgan fingerprint density at radius 2 is 1.71 bits per heavy atom. The molecule has 0 radical (unpaired) electrons. The van der Waals surface area contributed by atoms with Gasteiger partial charge in [-0.15, -0.1) is 0 Å². The van der Waals surface area contributed by atoms with Gasteiger partial charge in [0.1, 0.15) is 30.3 Å². The summed E-state index contributed by atoms with van der Waals surface area (Å²) in [5.41, 5.74) is 0. The number of carbonyl (C=O) groups excluding carboxylic acids is 5. The van der Waals surface area contributed by atoms with E-state index in [2.05, 4.69) is 5.32 Å². The van der Waals surface area contributed by atoms with Gasteiger partial charge in [-0.05, 0) is 46.0 Å². The highest BCUT2D eigenvalue weighted by atomic mass is 16.5. The highest BCUT2D eigenvalue weighted by Gasteiger charge is 2.44. The van der Waals surface area contributed by atoms with Crippen LogP contribution in [0.3, 0.4) is 0 Å². The van der Waals surface area contributed by atoms with Crippen molar-refractivity contribution in [3.63, 3.8) is 0 Å². The number of rotatable bonds is 1. The number of cyclic esters (lactones) is 1. The summed E-state index contributed by atoms with van der Waals surface area (Å²) in [4.78, 5) is 69.4. The maximum atomic E-state index is 13.3. The van der Waals surface area contributed by atoms with Crippen molar-refractivity contribution >= 4 is 29.6 Å². The Labute approximate surface area is 199 Å². The second-order valence-corrected chi connectivity index (χ2v) is 9.91. The molecule has 0 aromatic heterocycles. The molecule has 11 heteroatoms. The van der Waals surface area contributed by atoms with Gasteiger partial charge in [-0.2, -0.15) is 0 Å². The molecule has 3 saturated heterocycles. The molecule has 2 N–H and O–H groups in total. The van der Waals surface area contributed by atoms with Gasteiger partial charge in [-0.25, -0.2) is 4.79 Å². The predicted molar refractivity (Wildman–Crippen MR) is 120 cm³/mol. The number of ether oxygens (including phenoxy) is 1. The molecule has 11 nitrogen and oxygen atoms in total. The Morgan fingerprint density at radius 3 is 2.35 bits per heavy atom. The molecule has 0 aliphatic carbocycles. The van der Waals surface area contributed by atoms with Gasteiger partial charge in [0, 0.05) is 20.1 Å². The minimum atomic E-state index is -1.25. The third-order valence-electron chi connectivity index (χ3n) is 6.92. The summed E-state index contributed by atoms with van der Waals surface area (Å²) in [6, 6.07) is -3.80. The summed E-state index contributed by atoms with van der Waals surface area (Å²) in [6.07, 6.45) is -0.552. The van der Waals surface area contributed by atoms with Crippen molar-refractivity contribution in [3.05, 3.63) is 0 Å². The van der Waals surface area contributed by atoms with E-state index < -0.39 is 60.1 Å². The van der Waals surface area contributed by atoms with Crippen LogP contribution in [-0.4, -0.2) is 106 Å². The monoisotopic (exact) mass is 480 g/mol. The lowest BCUT2D eigenvalue weighted by atomic mass is 10.1. The number of aliphatic hydroxyl groups is 1. The van der Waals surface area contributed by atoms with Crippen molar-refractivity contribution < 1.29 is 33.8 Å². The number of nitrogens with zero attached hydrogens (tertiary/aromatic N) is 3. The number of aliphatic hydroxyl groups excluding tert-OH is 1. The van der Waals surface area contributed by atoms with E-state index >= 15 is 0 Å². The van der Waals surface area contributed by atoms with Crippen LogP contribution in [-0.2, 0) is 28.7 Å². The fourth-order valence-electron chi connectivity index (χ4n) is 5.22. The van der Waals surface area contributed by atoms with Crippen molar-refractivity contribution in [3.8, 4) is 0 Å². The molecule has 3 heterocycles. The van der Waals surface area contributed by atoms with E-state index in [1.54, 1.807) is 6.92 Å². The van der Waals surface area contributed by atoms with Gasteiger partial charge in [0.15, 0.2) is 0 Å². The largest absolute Gasteiger partial charge is 0.461 e. The molecule has 190 valence electrons. The zero-order valence-corrected chi connectivity index (χ0v) is 20.5. The minimum absolute atomic E-state index is 0.0581. The highest BCUT2D eigenvalue weighted by molar-refractivity contribution is 5.95. The normalized spacial score (nSPS) is 35.1. The average Bonchev–Trinajstić information content (AvgIpc) is 3.38. The van der Waals surface area contributed by atoms with E-state index in [4.69, 9.17) is 4.74 Å². The van der Waals surface area contributed by atoms with Gasteiger partial charge in [0.25, 0.3) is 0 Å². The SMILES string of the molecule is C[C@@H]1C[C@H]2C(=O)O[C@@H](C)CC(=O)N3CCC[C@H]3C(=O)N(C)C([C@@H](C)O)C(=O)N[C@@H](C)C(=O)N2C1. The molecule has 3 aliphatic heterocycles. The Morgan fingerprint density at radius 1 is 1.03 bits per heavy atom. The number of nitrogens with one attached hydrogen (secondary N) is 1. The van der Waals surface area contributed by atoms with Crippen LogP contribution in [0.2, 0.25) is 0 Å². The number of fused-ring (bicyclic) bond motifs is 2. The first kappa shape index (κ1) is 25.9. The first-order chi connectivity index (χ1) is 15.9. The van der Waals surface area contributed by atoms with Crippen LogP contribution in [0.15, 0.2) is 0 Å². The molecule has 0 bridgehead atoms. The topological polar surface area (TPSA) is 137 Å². The molecular weight excluding hydrogens is 444 g/mol. The maximum Gasteiger partial charge on any atom is 0.329 e. The molecule has 0 saturated carbocycles. The van der Waals surface area contributed by atoms with Crippen LogP contribution in [0.1, 0.15) is 53.4 Å². The molecule has 0 spiro atoms. The maximum absolute atomic E-state index is 13.3.